The number of fused-ring (bicyclic) bond motifs is 1. The molecule has 0 saturated carbocycles. The largest absolute Gasteiger partial charge is 0.488 e. The first-order valence-electron chi connectivity index (χ1n) is 7.02. The number of nitrogens with zero attached hydrogens (tertiary/aromatic N) is 2. The van der Waals surface area contributed by atoms with Gasteiger partial charge in [-0.15, -0.1) is 0 Å². The molecular formula is C17H12ClN3O2. The van der Waals surface area contributed by atoms with E-state index >= 15 is 0 Å². The Labute approximate surface area is 137 Å². The fraction of sp³-hybridized carbons (Fsp3) is 0.0588. The van der Waals surface area contributed by atoms with Crippen molar-refractivity contribution in [3.63, 3.8) is 0 Å². The highest BCUT2D eigenvalue weighted by atomic mass is 35.5. The Morgan fingerprint density at radius 1 is 1.09 bits per heavy atom. The summed E-state index contributed by atoms with van der Waals surface area (Å²) in [5, 5.41) is 4.69. The van der Waals surface area contributed by atoms with Gasteiger partial charge in [-0.3, -0.25) is 0 Å². The standard InChI is InChI=1S/C17H12ClN3O2/c18-13-3-6-15-11(8-13)7-12(9-22-15)16-20-17(23-21-16)10-1-4-14(19)5-2-10/h1-8H,9,19H2. The summed E-state index contributed by atoms with van der Waals surface area (Å²) in [5.41, 5.74) is 8.92. The van der Waals surface area contributed by atoms with Crippen LogP contribution in [0.1, 0.15) is 11.4 Å². The molecule has 1 aliphatic heterocycles. The van der Waals surface area contributed by atoms with Crippen LogP contribution >= 0.6 is 11.6 Å². The van der Waals surface area contributed by atoms with Crippen LogP contribution in [0.25, 0.3) is 23.1 Å². The van der Waals surface area contributed by atoms with Gasteiger partial charge in [0.05, 0.1) is 0 Å². The maximum Gasteiger partial charge on any atom is 0.258 e. The minimum atomic E-state index is 0.384. The number of aromatic nitrogens is 2. The summed E-state index contributed by atoms with van der Waals surface area (Å²) in [6.45, 7) is 0.384. The lowest BCUT2D eigenvalue weighted by atomic mass is 10.1. The van der Waals surface area contributed by atoms with Gasteiger partial charge in [0.2, 0.25) is 5.82 Å². The molecule has 0 fully saturated rings. The molecular weight excluding hydrogens is 314 g/mol. The molecule has 0 radical (unpaired) electrons. The average molecular weight is 326 g/mol. The van der Waals surface area contributed by atoms with Crippen molar-refractivity contribution in [3.05, 3.63) is 58.9 Å². The molecule has 6 heteroatoms. The van der Waals surface area contributed by atoms with Crippen LogP contribution in [-0.4, -0.2) is 16.7 Å². The quantitative estimate of drug-likeness (QED) is 0.723. The molecule has 114 valence electrons. The van der Waals surface area contributed by atoms with Crippen LogP contribution in [0.2, 0.25) is 5.02 Å². The number of rotatable bonds is 2. The van der Waals surface area contributed by atoms with Gasteiger partial charge in [-0.2, -0.15) is 4.98 Å². The minimum Gasteiger partial charge on any atom is -0.488 e. The van der Waals surface area contributed by atoms with Crippen molar-refractivity contribution in [1.82, 2.24) is 10.1 Å². The number of nitrogen functional groups attached to an aromatic ring is 1. The van der Waals surface area contributed by atoms with Gasteiger partial charge in [0, 0.05) is 27.4 Å². The first-order chi connectivity index (χ1) is 11.2. The second-order valence-electron chi connectivity index (χ2n) is 5.19. The first kappa shape index (κ1) is 13.8. The van der Waals surface area contributed by atoms with E-state index in [0.29, 0.717) is 29.0 Å². The molecule has 0 atom stereocenters. The number of anilines is 1. The number of benzene rings is 2. The summed E-state index contributed by atoms with van der Waals surface area (Å²) < 4.78 is 11.0. The Kier molecular flexibility index (Phi) is 3.28. The summed E-state index contributed by atoms with van der Waals surface area (Å²) in [7, 11) is 0. The third-order valence-electron chi connectivity index (χ3n) is 3.56. The van der Waals surface area contributed by atoms with E-state index in [1.165, 1.54) is 0 Å². The van der Waals surface area contributed by atoms with Crippen LogP contribution in [0, 0.1) is 0 Å². The first-order valence-corrected chi connectivity index (χ1v) is 7.40. The molecule has 1 aliphatic rings. The van der Waals surface area contributed by atoms with E-state index < -0.39 is 0 Å². The van der Waals surface area contributed by atoms with Crippen LogP contribution in [0.3, 0.4) is 0 Å². The second kappa shape index (κ2) is 5.44. The van der Waals surface area contributed by atoms with Crippen LogP contribution in [-0.2, 0) is 0 Å². The molecule has 3 aromatic rings. The van der Waals surface area contributed by atoms with Gasteiger partial charge in [-0.1, -0.05) is 16.8 Å². The lowest BCUT2D eigenvalue weighted by Crippen LogP contribution is -2.07. The fourth-order valence-corrected chi connectivity index (χ4v) is 2.55. The predicted molar refractivity (Wildman–Crippen MR) is 89.0 cm³/mol. The summed E-state index contributed by atoms with van der Waals surface area (Å²) in [6, 6.07) is 12.8. The molecule has 2 heterocycles. The molecule has 0 saturated heterocycles. The summed E-state index contributed by atoms with van der Waals surface area (Å²) in [5.74, 6) is 1.74. The van der Waals surface area contributed by atoms with Crippen molar-refractivity contribution < 1.29 is 9.26 Å². The highest BCUT2D eigenvalue weighted by molar-refractivity contribution is 6.30. The van der Waals surface area contributed by atoms with Crippen molar-refractivity contribution in [2.75, 3.05) is 12.3 Å². The van der Waals surface area contributed by atoms with Crippen LogP contribution in [0.4, 0.5) is 5.69 Å². The maximum atomic E-state index is 6.02. The zero-order valence-corrected chi connectivity index (χ0v) is 12.7. The molecule has 1 aromatic heterocycles. The van der Waals surface area contributed by atoms with Crippen molar-refractivity contribution in [3.8, 4) is 17.2 Å². The monoisotopic (exact) mass is 325 g/mol. The number of hydrogen-bond donors (Lipinski definition) is 1. The lowest BCUT2D eigenvalue weighted by molar-refractivity contribution is 0.363. The van der Waals surface area contributed by atoms with Gasteiger partial charge in [-0.25, -0.2) is 0 Å². The smallest absolute Gasteiger partial charge is 0.258 e. The number of halogens is 1. The van der Waals surface area contributed by atoms with Crippen LogP contribution < -0.4 is 10.5 Å². The molecule has 0 amide bonds. The van der Waals surface area contributed by atoms with Crippen LogP contribution in [0.5, 0.6) is 5.75 Å². The number of ether oxygens (including phenoxy) is 1. The van der Waals surface area contributed by atoms with Gasteiger partial charge < -0.3 is 15.0 Å². The zero-order valence-electron chi connectivity index (χ0n) is 12.0. The third kappa shape index (κ3) is 2.66. The van der Waals surface area contributed by atoms with Crippen LogP contribution in [0.15, 0.2) is 47.0 Å². The number of nitrogens with two attached hydrogens (primary N) is 1. The molecule has 0 unspecified atom stereocenters. The molecule has 2 aromatic carbocycles. The van der Waals surface area contributed by atoms with E-state index in [1.807, 2.05) is 30.3 Å². The van der Waals surface area contributed by atoms with Gasteiger partial charge in [0.25, 0.3) is 5.89 Å². The molecule has 0 aliphatic carbocycles. The predicted octanol–water partition coefficient (Wildman–Crippen LogP) is 3.91. The second-order valence-corrected chi connectivity index (χ2v) is 5.62. The van der Waals surface area contributed by atoms with E-state index in [0.717, 1.165) is 22.4 Å². The highest BCUT2D eigenvalue weighted by Crippen LogP contribution is 2.32. The minimum absolute atomic E-state index is 0.384. The molecule has 4 rings (SSSR count). The molecule has 5 nitrogen and oxygen atoms in total. The Bertz CT molecular complexity index is 900. The average Bonchev–Trinajstić information content (AvgIpc) is 3.05. The Balaban J connectivity index is 1.68. The summed E-state index contributed by atoms with van der Waals surface area (Å²) >= 11 is 6.02. The van der Waals surface area contributed by atoms with Crippen molar-refractivity contribution in [1.29, 1.82) is 0 Å². The maximum absolute atomic E-state index is 6.02. The molecule has 0 bridgehead atoms. The molecule has 0 spiro atoms. The Hall–Kier alpha value is -2.79. The number of hydrogen-bond acceptors (Lipinski definition) is 5. The summed E-state index contributed by atoms with van der Waals surface area (Å²) in [4.78, 5) is 4.43. The van der Waals surface area contributed by atoms with Gasteiger partial charge in [-0.05, 0) is 48.5 Å². The summed E-state index contributed by atoms with van der Waals surface area (Å²) in [6.07, 6.45) is 1.96. The zero-order chi connectivity index (χ0) is 15.8. The van der Waals surface area contributed by atoms with Gasteiger partial charge >= 0.3 is 0 Å². The molecule has 2 N–H and O–H groups in total. The van der Waals surface area contributed by atoms with E-state index in [4.69, 9.17) is 26.6 Å². The van der Waals surface area contributed by atoms with Gasteiger partial charge in [0.15, 0.2) is 0 Å². The fourth-order valence-electron chi connectivity index (χ4n) is 2.37. The van der Waals surface area contributed by atoms with E-state index in [2.05, 4.69) is 10.1 Å². The van der Waals surface area contributed by atoms with E-state index in [-0.39, 0.29) is 0 Å². The lowest BCUT2D eigenvalue weighted by Gasteiger charge is -2.16. The normalized spacial score (nSPS) is 13.2. The van der Waals surface area contributed by atoms with E-state index in [1.54, 1.807) is 18.2 Å². The van der Waals surface area contributed by atoms with Crippen molar-refractivity contribution >= 4 is 28.9 Å². The highest BCUT2D eigenvalue weighted by Gasteiger charge is 2.18. The topological polar surface area (TPSA) is 74.2 Å². The van der Waals surface area contributed by atoms with E-state index in [9.17, 15) is 0 Å². The Morgan fingerprint density at radius 2 is 1.91 bits per heavy atom. The van der Waals surface area contributed by atoms with Gasteiger partial charge in [0.1, 0.15) is 12.4 Å². The van der Waals surface area contributed by atoms with Crippen molar-refractivity contribution in [2.45, 2.75) is 0 Å². The third-order valence-corrected chi connectivity index (χ3v) is 3.79. The molecule has 23 heavy (non-hydrogen) atoms. The van der Waals surface area contributed by atoms with Crippen molar-refractivity contribution in [2.24, 2.45) is 0 Å². The SMILES string of the molecule is Nc1ccc(-c2nc(C3=Cc4cc(Cl)ccc4OC3)no2)cc1. The Morgan fingerprint density at radius 3 is 2.74 bits per heavy atom.